The molecule has 3 aromatic carbocycles. The molecule has 0 saturated carbocycles. The van der Waals surface area contributed by atoms with Crippen molar-refractivity contribution in [2.24, 2.45) is 0 Å². The van der Waals surface area contributed by atoms with Crippen LogP contribution in [0.3, 0.4) is 0 Å². The minimum absolute atomic E-state index is 0.249. The summed E-state index contributed by atoms with van der Waals surface area (Å²) >= 11 is 0. The van der Waals surface area contributed by atoms with Gasteiger partial charge in [-0.2, -0.15) is 0 Å². The van der Waals surface area contributed by atoms with Crippen LogP contribution in [0.5, 0.6) is 0 Å². The van der Waals surface area contributed by atoms with Gasteiger partial charge in [0, 0.05) is 19.2 Å². The van der Waals surface area contributed by atoms with Gasteiger partial charge in [-0.25, -0.2) is 13.7 Å². The summed E-state index contributed by atoms with van der Waals surface area (Å²) in [5, 5.41) is 0. The highest BCUT2D eigenvalue weighted by Crippen LogP contribution is 2.38. The Labute approximate surface area is 190 Å². The number of benzene rings is 3. The third-order valence-corrected chi connectivity index (χ3v) is 6.31. The Morgan fingerprint density at radius 2 is 1.61 bits per heavy atom. The van der Waals surface area contributed by atoms with E-state index in [1.54, 1.807) is 0 Å². The van der Waals surface area contributed by atoms with Crippen molar-refractivity contribution in [3.8, 4) is 0 Å². The lowest BCUT2D eigenvalue weighted by Crippen LogP contribution is -2.37. The number of hydrogen-bond acceptors (Lipinski definition) is 3. The van der Waals surface area contributed by atoms with Crippen molar-refractivity contribution in [2.45, 2.75) is 26.8 Å². The molecule has 4 nitrogen and oxygen atoms in total. The summed E-state index contributed by atoms with van der Waals surface area (Å²) in [5.41, 5.74) is 5.07. The zero-order valence-electron chi connectivity index (χ0n) is 18.4. The smallest absolute Gasteiger partial charge is 0.282 e. The molecular formula is C27H22F2N2O2. The molecule has 0 bridgehead atoms. The Kier molecular flexibility index (Phi) is 5.08. The molecule has 0 radical (unpaired) electrons. The average molecular weight is 444 g/mol. The van der Waals surface area contributed by atoms with Crippen LogP contribution in [0.15, 0.2) is 66.4 Å². The van der Waals surface area contributed by atoms with Gasteiger partial charge >= 0.3 is 0 Å². The largest absolute Gasteiger partial charge is 0.362 e. The normalized spacial score (nSPS) is 16.0. The number of carbonyl (C=O) groups is 2. The van der Waals surface area contributed by atoms with Crippen molar-refractivity contribution in [3.63, 3.8) is 0 Å². The van der Waals surface area contributed by atoms with E-state index < -0.39 is 23.4 Å². The minimum Gasteiger partial charge on any atom is -0.362 e. The summed E-state index contributed by atoms with van der Waals surface area (Å²) in [4.78, 5) is 30.1. The van der Waals surface area contributed by atoms with E-state index in [0.717, 1.165) is 40.1 Å². The summed E-state index contributed by atoms with van der Waals surface area (Å²) in [7, 11) is 0. The first-order valence-electron chi connectivity index (χ1n) is 10.8. The van der Waals surface area contributed by atoms with Gasteiger partial charge in [0.25, 0.3) is 11.8 Å². The maximum absolute atomic E-state index is 14.7. The second kappa shape index (κ2) is 7.96. The van der Waals surface area contributed by atoms with Gasteiger partial charge in [-0.15, -0.1) is 0 Å². The maximum atomic E-state index is 14.7. The molecule has 2 aliphatic heterocycles. The Morgan fingerprint density at radius 1 is 0.848 bits per heavy atom. The molecule has 0 spiro atoms. The monoisotopic (exact) mass is 444 g/mol. The molecule has 5 rings (SSSR count). The molecule has 0 unspecified atom stereocenters. The maximum Gasteiger partial charge on any atom is 0.282 e. The number of anilines is 1. The Bertz CT molecular complexity index is 1350. The topological polar surface area (TPSA) is 40.6 Å². The quantitative estimate of drug-likeness (QED) is 0.538. The fourth-order valence-electron chi connectivity index (χ4n) is 4.72. The number of amides is 2. The summed E-state index contributed by atoms with van der Waals surface area (Å²) in [6.07, 6.45) is 0.728. The highest BCUT2D eigenvalue weighted by molar-refractivity contribution is 6.45. The fraction of sp³-hybridized carbons (Fsp3) is 0.185. The number of carbonyl (C=O) groups excluding carboxylic acids is 2. The van der Waals surface area contributed by atoms with Crippen LogP contribution in [0, 0.1) is 25.5 Å². The lowest BCUT2D eigenvalue weighted by atomic mass is 9.95. The van der Waals surface area contributed by atoms with E-state index >= 15 is 0 Å². The van der Waals surface area contributed by atoms with Gasteiger partial charge in [0.1, 0.15) is 17.3 Å². The highest BCUT2D eigenvalue weighted by Gasteiger charge is 2.44. The lowest BCUT2D eigenvalue weighted by molar-refractivity contribution is -0.120. The SMILES string of the molecule is Cc1ccc(C2=C(N3CCc4ccccc4C3)C(=O)N(c3ccc(F)cc3F)C2=O)c(C)c1. The van der Waals surface area contributed by atoms with Gasteiger partial charge in [0.15, 0.2) is 0 Å². The highest BCUT2D eigenvalue weighted by atomic mass is 19.1. The van der Waals surface area contributed by atoms with Crippen LogP contribution in [0.2, 0.25) is 0 Å². The van der Waals surface area contributed by atoms with Crippen LogP contribution in [0.1, 0.15) is 27.8 Å². The molecule has 33 heavy (non-hydrogen) atoms. The first-order chi connectivity index (χ1) is 15.8. The third kappa shape index (κ3) is 3.52. The predicted octanol–water partition coefficient (Wildman–Crippen LogP) is 4.92. The first kappa shape index (κ1) is 21.1. The number of fused-ring (bicyclic) bond motifs is 1. The number of rotatable bonds is 3. The Morgan fingerprint density at radius 3 is 2.33 bits per heavy atom. The molecule has 2 heterocycles. The lowest BCUT2D eigenvalue weighted by Gasteiger charge is -2.31. The van der Waals surface area contributed by atoms with Crippen molar-refractivity contribution in [2.75, 3.05) is 11.4 Å². The Balaban J connectivity index is 1.66. The summed E-state index contributed by atoms with van der Waals surface area (Å²) in [6.45, 7) is 4.87. The molecule has 166 valence electrons. The van der Waals surface area contributed by atoms with E-state index in [1.807, 2.05) is 55.1 Å². The second-order valence-electron chi connectivity index (χ2n) is 8.52. The van der Waals surface area contributed by atoms with E-state index in [4.69, 9.17) is 0 Å². The molecule has 0 N–H and O–H groups in total. The average Bonchev–Trinajstić information content (AvgIpc) is 3.04. The van der Waals surface area contributed by atoms with Gasteiger partial charge in [-0.05, 0) is 54.7 Å². The molecular weight excluding hydrogens is 422 g/mol. The summed E-state index contributed by atoms with van der Waals surface area (Å²) in [5.74, 6) is -2.93. The second-order valence-corrected chi connectivity index (χ2v) is 8.52. The van der Waals surface area contributed by atoms with Crippen molar-refractivity contribution in [3.05, 3.63) is 106 Å². The zero-order chi connectivity index (χ0) is 23.3. The fourth-order valence-corrected chi connectivity index (χ4v) is 4.72. The van der Waals surface area contributed by atoms with Crippen molar-refractivity contribution < 1.29 is 18.4 Å². The van der Waals surface area contributed by atoms with Crippen LogP contribution >= 0.6 is 0 Å². The molecule has 2 aliphatic rings. The van der Waals surface area contributed by atoms with Crippen molar-refractivity contribution >= 4 is 23.1 Å². The van der Waals surface area contributed by atoms with Gasteiger partial charge in [0.2, 0.25) is 0 Å². The third-order valence-electron chi connectivity index (χ3n) is 6.31. The van der Waals surface area contributed by atoms with E-state index in [1.165, 1.54) is 5.56 Å². The van der Waals surface area contributed by atoms with Crippen LogP contribution in [0.4, 0.5) is 14.5 Å². The van der Waals surface area contributed by atoms with Gasteiger partial charge in [0.05, 0.1) is 11.3 Å². The van der Waals surface area contributed by atoms with E-state index in [-0.39, 0.29) is 17.0 Å². The first-order valence-corrected chi connectivity index (χ1v) is 10.8. The Hall–Kier alpha value is -3.80. The molecule has 0 atom stereocenters. The molecule has 3 aromatic rings. The molecule has 0 saturated heterocycles. The number of nitrogens with zero attached hydrogens (tertiary/aromatic N) is 2. The predicted molar refractivity (Wildman–Crippen MR) is 122 cm³/mol. The van der Waals surface area contributed by atoms with E-state index in [0.29, 0.717) is 24.7 Å². The molecule has 0 aliphatic carbocycles. The number of hydrogen-bond donors (Lipinski definition) is 0. The van der Waals surface area contributed by atoms with Crippen LogP contribution in [-0.4, -0.2) is 23.3 Å². The van der Waals surface area contributed by atoms with Crippen molar-refractivity contribution in [1.82, 2.24) is 4.90 Å². The van der Waals surface area contributed by atoms with E-state index in [9.17, 15) is 18.4 Å². The van der Waals surface area contributed by atoms with Gasteiger partial charge in [-0.1, -0.05) is 48.0 Å². The number of halogens is 2. The van der Waals surface area contributed by atoms with Crippen LogP contribution < -0.4 is 4.90 Å². The minimum atomic E-state index is -0.957. The molecule has 0 fully saturated rings. The van der Waals surface area contributed by atoms with Gasteiger partial charge in [-0.3, -0.25) is 9.59 Å². The number of aryl methyl sites for hydroxylation is 2. The molecule has 2 amide bonds. The van der Waals surface area contributed by atoms with E-state index in [2.05, 4.69) is 6.07 Å². The van der Waals surface area contributed by atoms with Crippen LogP contribution in [0.25, 0.3) is 5.57 Å². The molecule has 0 aromatic heterocycles. The standard InChI is InChI=1S/C27H22F2N2O2/c1-16-7-9-21(17(2)13-16)24-25(30-12-11-18-5-3-4-6-19(18)15-30)27(33)31(26(24)32)23-10-8-20(28)14-22(23)29/h3-10,13-14H,11-12,15H2,1-2H3. The number of imide groups is 1. The van der Waals surface area contributed by atoms with Gasteiger partial charge < -0.3 is 4.90 Å². The molecule has 6 heteroatoms. The zero-order valence-corrected chi connectivity index (χ0v) is 18.4. The van der Waals surface area contributed by atoms with Crippen molar-refractivity contribution in [1.29, 1.82) is 0 Å². The summed E-state index contributed by atoms with van der Waals surface area (Å²) < 4.78 is 28.2. The summed E-state index contributed by atoms with van der Waals surface area (Å²) in [6, 6.07) is 16.5. The van der Waals surface area contributed by atoms with Crippen LogP contribution in [-0.2, 0) is 22.6 Å².